The van der Waals surface area contributed by atoms with Gasteiger partial charge in [-0.25, -0.2) is 0 Å². The van der Waals surface area contributed by atoms with Gasteiger partial charge in [-0.3, -0.25) is 0 Å². The Balaban J connectivity index is 1.89. The number of rotatable bonds is 5. The molecule has 0 aliphatic heterocycles. The third-order valence-corrected chi connectivity index (χ3v) is 4.24. The van der Waals surface area contributed by atoms with Gasteiger partial charge in [0.1, 0.15) is 0 Å². The third-order valence-electron chi connectivity index (χ3n) is 3.65. The molecule has 0 heterocycles. The first-order chi connectivity index (χ1) is 8.62. The van der Waals surface area contributed by atoms with Gasteiger partial charge in [0.05, 0.1) is 23.8 Å². The predicted octanol–water partition coefficient (Wildman–Crippen LogP) is 3.23. The molecule has 2 aliphatic rings. The van der Waals surface area contributed by atoms with Crippen LogP contribution in [0.5, 0.6) is 11.5 Å². The SMILES string of the molecule is COc1c(Br)cc(C2(O)CC2)cc1OCC1CC1. The summed E-state index contributed by atoms with van der Waals surface area (Å²) in [5.41, 5.74) is 0.271. The first-order valence-corrected chi connectivity index (χ1v) is 7.15. The lowest BCUT2D eigenvalue weighted by atomic mass is 10.1. The monoisotopic (exact) mass is 312 g/mol. The van der Waals surface area contributed by atoms with Crippen molar-refractivity contribution < 1.29 is 14.6 Å². The molecule has 0 amide bonds. The van der Waals surface area contributed by atoms with E-state index in [0.717, 1.165) is 35.2 Å². The standard InChI is InChI=1S/C14H17BrO3/c1-17-13-11(15)6-10(14(16)4-5-14)7-12(13)18-8-9-2-3-9/h6-7,9,16H,2-5,8H2,1H3. The van der Waals surface area contributed by atoms with Crippen LogP contribution in [0.15, 0.2) is 16.6 Å². The molecule has 98 valence electrons. The van der Waals surface area contributed by atoms with E-state index in [4.69, 9.17) is 9.47 Å². The van der Waals surface area contributed by atoms with Crippen LogP contribution in [0.1, 0.15) is 31.2 Å². The molecule has 0 bridgehead atoms. The maximum Gasteiger partial charge on any atom is 0.174 e. The molecule has 0 aromatic heterocycles. The second kappa shape index (κ2) is 4.42. The van der Waals surface area contributed by atoms with Crippen LogP contribution in [0.4, 0.5) is 0 Å². The van der Waals surface area contributed by atoms with E-state index >= 15 is 0 Å². The van der Waals surface area contributed by atoms with Crippen molar-refractivity contribution in [2.45, 2.75) is 31.3 Å². The average Bonchev–Trinajstić information content (AvgIpc) is 3.23. The van der Waals surface area contributed by atoms with Crippen LogP contribution in [0.2, 0.25) is 0 Å². The first kappa shape index (κ1) is 12.3. The molecule has 0 radical (unpaired) electrons. The van der Waals surface area contributed by atoms with Gasteiger partial charge in [-0.1, -0.05) is 0 Å². The number of aliphatic hydroxyl groups is 1. The fourth-order valence-corrected chi connectivity index (χ4v) is 2.65. The smallest absolute Gasteiger partial charge is 0.174 e. The molecule has 2 saturated carbocycles. The average molecular weight is 313 g/mol. The minimum Gasteiger partial charge on any atom is -0.492 e. The Hall–Kier alpha value is -0.740. The molecular formula is C14H17BrO3. The fourth-order valence-electron chi connectivity index (χ4n) is 2.04. The molecule has 0 unspecified atom stereocenters. The summed E-state index contributed by atoms with van der Waals surface area (Å²) in [6.45, 7) is 0.741. The summed E-state index contributed by atoms with van der Waals surface area (Å²) in [6, 6.07) is 3.84. The van der Waals surface area contributed by atoms with E-state index in [9.17, 15) is 5.11 Å². The number of benzene rings is 1. The Morgan fingerprint density at radius 1 is 1.39 bits per heavy atom. The molecule has 1 N–H and O–H groups in total. The van der Waals surface area contributed by atoms with E-state index in [1.807, 2.05) is 12.1 Å². The molecule has 3 rings (SSSR count). The van der Waals surface area contributed by atoms with Gasteiger partial charge in [0.2, 0.25) is 0 Å². The van der Waals surface area contributed by atoms with Crippen molar-refractivity contribution in [1.82, 2.24) is 0 Å². The molecular weight excluding hydrogens is 296 g/mol. The van der Waals surface area contributed by atoms with Gasteiger partial charge in [0.25, 0.3) is 0 Å². The number of methoxy groups -OCH3 is 1. The Bertz CT molecular complexity index is 464. The maximum atomic E-state index is 10.2. The molecule has 3 nitrogen and oxygen atoms in total. The van der Waals surface area contributed by atoms with Gasteiger partial charge in [-0.2, -0.15) is 0 Å². The van der Waals surface area contributed by atoms with Crippen molar-refractivity contribution in [1.29, 1.82) is 0 Å². The lowest BCUT2D eigenvalue weighted by molar-refractivity contribution is 0.150. The Kier molecular flexibility index (Phi) is 3.02. The lowest BCUT2D eigenvalue weighted by Gasteiger charge is -2.16. The molecule has 2 aliphatic carbocycles. The van der Waals surface area contributed by atoms with Gasteiger partial charge in [-0.05, 0) is 65.2 Å². The molecule has 0 saturated heterocycles. The van der Waals surface area contributed by atoms with Crippen molar-refractivity contribution in [3.05, 3.63) is 22.2 Å². The van der Waals surface area contributed by atoms with Crippen LogP contribution in [-0.2, 0) is 5.60 Å². The lowest BCUT2D eigenvalue weighted by Crippen LogP contribution is -2.07. The zero-order valence-electron chi connectivity index (χ0n) is 10.4. The van der Waals surface area contributed by atoms with Crippen LogP contribution in [-0.4, -0.2) is 18.8 Å². The van der Waals surface area contributed by atoms with Crippen molar-refractivity contribution in [2.24, 2.45) is 5.92 Å². The highest BCUT2D eigenvalue weighted by Gasteiger charge is 2.43. The fraction of sp³-hybridized carbons (Fsp3) is 0.571. The second-order valence-electron chi connectivity index (χ2n) is 5.28. The molecule has 0 spiro atoms. The molecule has 18 heavy (non-hydrogen) atoms. The first-order valence-electron chi connectivity index (χ1n) is 6.35. The van der Waals surface area contributed by atoms with E-state index in [1.165, 1.54) is 12.8 Å². The largest absolute Gasteiger partial charge is 0.492 e. The highest BCUT2D eigenvalue weighted by molar-refractivity contribution is 9.10. The summed E-state index contributed by atoms with van der Waals surface area (Å²) < 4.78 is 12.0. The van der Waals surface area contributed by atoms with E-state index in [2.05, 4.69) is 15.9 Å². The Morgan fingerprint density at radius 3 is 2.67 bits per heavy atom. The normalized spacial score (nSPS) is 20.6. The summed E-state index contributed by atoms with van der Waals surface area (Å²) in [6.07, 6.45) is 4.17. The summed E-state index contributed by atoms with van der Waals surface area (Å²) in [7, 11) is 1.63. The van der Waals surface area contributed by atoms with E-state index in [1.54, 1.807) is 7.11 Å². The summed E-state index contributed by atoms with van der Waals surface area (Å²) in [5.74, 6) is 2.14. The number of hydrogen-bond donors (Lipinski definition) is 1. The molecule has 4 heteroatoms. The summed E-state index contributed by atoms with van der Waals surface area (Å²) in [4.78, 5) is 0. The highest BCUT2D eigenvalue weighted by atomic mass is 79.9. The number of ether oxygens (including phenoxy) is 2. The van der Waals surface area contributed by atoms with Crippen LogP contribution < -0.4 is 9.47 Å². The number of hydrogen-bond acceptors (Lipinski definition) is 3. The second-order valence-corrected chi connectivity index (χ2v) is 6.13. The quantitative estimate of drug-likeness (QED) is 0.907. The van der Waals surface area contributed by atoms with Gasteiger partial charge in [0.15, 0.2) is 11.5 Å². The molecule has 2 fully saturated rings. The van der Waals surface area contributed by atoms with Crippen molar-refractivity contribution in [2.75, 3.05) is 13.7 Å². The predicted molar refractivity (Wildman–Crippen MR) is 72.0 cm³/mol. The number of halogens is 1. The maximum absolute atomic E-state index is 10.2. The zero-order valence-corrected chi connectivity index (χ0v) is 12.0. The van der Waals surface area contributed by atoms with Crippen molar-refractivity contribution in [3.63, 3.8) is 0 Å². The van der Waals surface area contributed by atoms with E-state index < -0.39 is 5.60 Å². The van der Waals surface area contributed by atoms with Crippen molar-refractivity contribution in [3.8, 4) is 11.5 Å². The molecule has 1 aromatic rings. The Morgan fingerprint density at radius 2 is 2.11 bits per heavy atom. The third kappa shape index (κ3) is 2.36. The van der Waals surface area contributed by atoms with Gasteiger partial charge in [0, 0.05) is 0 Å². The van der Waals surface area contributed by atoms with Gasteiger partial charge < -0.3 is 14.6 Å². The molecule has 0 atom stereocenters. The van der Waals surface area contributed by atoms with Crippen LogP contribution >= 0.6 is 15.9 Å². The highest BCUT2D eigenvalue weighted by Crippen LogP contribution is 2.49. The van der Waals surface area contributed by atoms with Crippen LogP contribution in [0, 0.1) is 5.92 Å². The van der Waals surface area contributed by atoms with Crippen LogP contribution in [0.25, 0.3) is 0 Å². The minimum atomic E-state index is -0.646. The Labute approximate surface area is 115 Å². The zero-order chi connectivity index (χ0) is 12.8. The van der Waals surface area contributed by atoms with Crippen molar-refractivity contribution >= 4 is 15.9 Å². The van der Waals surface area contributed by atoms with Gasteiger partial charge >= 0.3 is 0 Å². The topological polar surface area (TPSA) is 38.7 Å². The van der Waals surface area contributed by atoms with Gasteiger partial charge in [-0.15, -0.1) is 0 Å². The summed E-state index contributed by atoms with van der Waals surface area (Å²) >= 11 is 3.48. The van der Waals surface area contributed by atoms with E-state index in [0.29, 0.717) is 11.7 Å². The van der Waals surface area contributed by atoms with E-state index in [-0.39, 0.29) is 0 Å². The summed E-state index contributed by atoms with van der Waals surface area (Å²) in [5, 5.41) is 10.2. The molecule has 1 aromatic carbocycles. The minimum absolute atomic E-state index is 0.646. The van der Waals surface area contributed by atoms with Crippen LogP contribution in [0.3, 0.4) is 0 Å².